The van der Waals surface area contributed by atoms with Crippen molar-refractivity contribution in [3.8, 4) is 11.3 Å². The summed E-state index contributed by atoms with van der Waals surface area (Å²) in [6.45, 7) is -1.44. The number of hydrogen-bond acceptors (Lipinski definition) is 4. The third kappa shape index (κ3) is 5.55. The van der Waals surface area contributed by atoms with Crippen molar-refractivity contribution in [2.24, 2.45) is 0 Å². The van der Waals surface area contributed by atoms with Crippen LogP contribution < -0.4 is 10.6 Å². The number of nitrogens with zero attached hydrogens (tertiary/aromatic N) is 2. The molecule has 2 N–H and O–H groups in total. The SMILES string of the molecule is O=C(Cc1csc2nc(-c3ccc(F)cc3)cn12)Nc1cccc(C(=O)NCC(F)(F)F)c1. The van der Waals surface area contributed by atoms with E-state index in [0.29, 0.717) is 16.3 Å². The van der Waals surface area contributed by atoms with Gasteiger partial charge in [-0.1, -0.05) is 6.07 Å². The molecule has 0 atom stereocenters. The van der Waals surface area contributed by atoms with Gasteiger partial charge >= 0.3 is 6.18 Å². The zero-order chi connectivity index (χ0) is 23.6. The lowest BCUT2D eigenvalue weighted by Crippen LogP contribution is -2.33. The number of amides is 2. The Kier molecular flexibility index (Phi) is 6.14. The van der Waals surface area contributed by atoms with Crippen LogP contribution in [0, 0.1) is 5.82 Å². The van der Waals surface area contributed by atoms with Crippen LogP contribution in [0.25, 0.3) is 16.2 Å². The van der Waals surface area contributed by atoms with Gasteiger partial charge in [-0.15, -0.1) is 11.3 Å². The molecule has 0 bridgehead atoms. The molecule has 0 unspecified atom stereocenters. The van der Waals surface area contributed by atoms with Gasteiger partial charge in [-0.3, -0.25) is 14.0 Å². The molecule has 2 aromatic carbocycles. The smallest absolute Gasteiger partial charge is 0.343 e. The minimum atomic E-state index is -4.52. The molecular weight excluding hydrogens is 460 g/mol. The zero-order valence-corrected chi connectivity index (χ0v) is 17.6. The summed E-state index contributed by atoms with van der Waals surface area (Å²) in [6, 6.07) is 11.6. The van der Waals surface area contributed by atoms with Gasteiger partial charge in [0.25, 0.3) is 5.91 Å². The second-order valence-electron chi connectivity index (χ2n) is 7.12. The van der Waals surface area contributed by atoms with Crippen molar-refractivity contribution >= 4 is 33.8 Å². The maximum absolute atomic E-state index is 13.2. The summed E-state index contributed by atoms with van der Waals surface area (Å²) in [4.78, 5) is 29.6. The quantitative estimate of drug-likeness (QED) is 0.397. The van der Waals surface area contributed by atoms with Gasteiger partial charge in [0.05, 0.1) is 12.1 Å². The standard InChI is InChI=1S/C22H16F4N4O2S/c23-15-6-4-13(5-7-15)18-10-30-17(11-33-21(30)29-18)9-19(31)28-16-3-1-2-14(8-16)20(32)27-12-22(24,25)26/h1-8,10-11H,9,12H2,(H,27,32)(H,28,31). The molecule has 4 rings (SSSR count). The summed E-state index contributed by atoms with van der Waals surface area (Å²) >= 11 is 1.35. The summed E-state index contributed by atoms with van der Waals surface area (Å²) in [6.07, 6.45) is -2.76. The number of alkyl halides is 3. The number of halogens is 4. The van der Waals surface area contributed by atoms with E-state index in [0.717, 1.165) is 5.56 Å². The summed E-state index contributed by atoms with van der Waals surface area (Å²) in [7, 11) is 0. The Hall–Kier alpha value is -3.73. The van der Waals surface area contributed by atoms with E-state index in [4.69, 9.17) is 0 Å². The first-order valence-corrected chi connectivity index (χ1v) is 10.5. The third-order valence-electron chi connectivity index (χ3n) is 4.62. The van der Waals surface area contributed by atoms with Crippen LogP contribution in [-0.4, -0.2) is 33.9 Å². The molecule has 0 spiro atoms. The number of rotatable bonds is 6. The molecule has 2 amide bonds. The summed E-state index contributed by atoms with van der Waals surface area (Å²) in [5.74, 6) is -1.62. The van der Waals surface area contributed by atoms with Gasteiger partial charge in [0.15, 0.2) is 4.96 Å². The fraction of sp³-hybridized carbons (Fsp3) is 0.136. The molecule has 2 heterocycles. The van der Waals surface area contributed by atoms with Crippen LogP contribution in [0.15, 0.2) is 60.1 Å². The molecule has 0 radical (unpaired) electrons. The van der Waals surface area contributed by atoms with Crippen LogP contribution in [0.5, 0.6) is 0 Å². The maximum atomic E-state index is 13.2. The van der Waals surface area contributed by atoms with Crippen LogP contribution in [0.1, 0.15) is 16.1 Å². The number of fused-ring (bicyclic) bond motifs is 1. The molecule has 0 aliphatic heterocycles. The monoisotopic (exact) mass is 476 g/mol. The fourth-order valence-corrected chi connectivity index (χ4v) is 3.98. The largest absolute Gasteiger partial charge is 0.405 e. The maximum Gasteiger partial charge on any atom is 0.405 e. The number of aromatic nitrogens is 2. The lowest BCUT2D eigenvalue weighted by atomic mass is 10.2. The molecular formula is C22H16F4N4O2S. The van der Waals surface area contributed by atoms with E-state index in [1.54, 1.807) is 33.4 Å². The van der Waals surface area contributed by atoms with Gasteiger partial charge < -0.3 is 10.6 Å². The van der Waals surface area contributed by atoms with Crippen LogP contribution >= 0.6 is 11.3 Å². The molecule has 6 nitrogen and oxygen atoms in total. The Morgan fingerprint density at radius 2 is 1.85 bits per heavy atom. The second kappa shape index (κ2) is 9.02. The van der Waals surface area contributed by atoms with E-state index < -0.39 is 18.6 Å². The highest BCUT2D eigenvalue weighted by molar-refractivity contribution is 7.15. The first-order valence-electron chi connectivity index (χ1n) is 9.64. The summed E-state index contributed by atoms with van der Waals surface area (Å²) in [5, 5.41) is 6.22. The van der Waals surface area contributed by atoms with E-state index in [1.165, 1.54) is 47.7 Å². The number of benzene rings is 2. The normalized spacial score (nSPS) is 11.5. The van der Waals surface area contributed by atoms with Crippen molar-refractivity contribution < 1.29 is 27.2 Å². The topological polar surface area (TPSA) is 75.5 Å². The number of carbonyl (C=O) groups is 2. The van der Waals surface area contributed by atoms with Gasteiger partial charge in [-0.05, 0) is 42.5 Å². The fourth-order valence-electron chi connectivity index (χ4n) is 3.11. The van der Waals surface area contributed by atoms with Crippen molar-refractivity contribution in [1.29, 1.82) is 0 Å². The molecule has 4 aromatic rings. The highest BCUT2D eigenvalue weighted by atomic mass is 32.1. The van der Waals surface area contributed by atoms with E-state index in [1.807, 2.05) is 0 Å². The van der Waals surface area contributed by atoms with E-state index in [-0.39, 0.29) is 29.4 Å². The highest BCUT2D eigenvalue weighted by Gasteiger charge is 2.28. The number of anilines is 1. The van der Waals surface area contributed by atoms with Crippen molar-refractivity contribution in [3.63, 3.8) is 0 Å². The molecule has 0 aliphatic carbocycles. The Labute approximate surface area is 188 Å². The third-order valence-corrected chi connectivity index (χ3v) is 5.51. The minimum absolute atomic E-state index is 0.00369. The van der Waals surface area contributed by atoms with Gasteiger partial charge in [0.2, 0.25) is 5.91 Å². The molecule has 0 saturated carbocycles. The molecule has 0 saturated heterocycles. The lowest BCUT2D eigenvalue weighted by Gasteiger charge is -2.10. The molecule has 11 heteroatoms. The van der Waals surface area contributed by atoms with Crippen LogP contribution in [-0.2, 0) is 11.2 Å². The van der Waals surface area contributed by atoms with Crippen LogP contribution in [0.3, 0.4) is 0 Å². The molecule has 2 aromatic heterocycles. The molecule has 0 aliphatic rings. The van der Waals surface area contributed by atoms with E-state index in [2.05, 4.69) is 10.3 Å². The first-order chi connectivity index (χ1) is 15.7. The van der Waals surface area contributed by atoms with E-state index >= 15 is 0 Å². The number of carbonyl (C=O) groups excluding carboxylic acids is 2. The van der Waals surface area contributed by atoms with Crippen molar-refractivity contribution in [3.05, 3.63) is 77.2 Å². The van der Waals surface area contributed by atoms with E-state index in [9.17, 15) is 27.2 Å². The zero-order valence-electron chi connectivity index (χ0n) is 16.8. The Morgan fingerprint density at radius 1 is 1.09 bits per heavy atom. The molecule has 33 heavy (non-hydrogen) atoms. The predicted octanol–water partition coefficient (Wildman–Crippen LogP) is 4.68. The van der Waals surface area contributed by atoms with Gasteiger partial charge in [-0.2, -0.15) is 13.2 Å². The van der Waals surface area contributed by atoms with Crippen molar-refractivity contribution in [2.75, 3.05) is 11.9 Å². The molecule has 0 fully saturated rings. The van der Waals surface area contributed by atoms with Gasteiger partial charge in [0.1, 0.15) is 12.4 Å². The minimum Gasteiger partial charge on any atom is -0.343 e. The first kappa shape index (κ1) is 22.5. The predicted molar refractivity (Wildman–Crippen MR) is 116 cm³/mol. The van der Waals surface area contributed by atoms with Gasteiger partial charge in [-0.25, -0.2) is 9.37 Å². The second-order valence-corrected chi connectivity index (χ2v) is 7.95. The summed E-state index contributed by atoms with van der Waals surface area (Å²) < 4.78 is 51.8. The lowest BCUT2D eigenvalue weighted by molar-refractivity contribution is -0.123. The number of imidazole rings is 1. The van der Waals surface area contributed by atoms with Crippen LogP contribution in [0.2, 0.25) is 0 Å². The van der Waals surface area contributed by atoms with Gasteiger partial charge in [0, 0.05) is 34.1 Å². The Balaban J connectivity index is 1.44. The highest BCUT2D eigenvalue weighted by Crippen LogP contribution is 2.24. The summed E-state index contributed by atoms with van der Waals surface area (Å²) in [5.41, 5.74) is 2.33. The molecule has 170 valence electrons. The van der Waals surface area contributed by atoms with Crippen molar-refractivity contribution in [2.45, 2.75) is 12.6 Å². The van der Waals surface area contributed by atoms with Crippen LogP contribution in [0.4, 0.5) is 23.2 Å². The average molecular weight is 476 g/mol. The average Bonchev–Trinajstić information content (AvgIpc) is 3.34. The Morgan fingerprint density at radius 3 is 2.58 bits per heavy atom. The Bertz CT molecular complexity index is 1310. The van der Waals surface area contributed by atoms with Crippen molar-refractivity contribution in [1.82, 2.24) is 14.7 Å². The number of thiazole rings is 1. The number of hydrogen-bond donors (Lipinski definition) is 2. The number of nitrogens with one attached hydrogen (secondary N) is 2.